The van der Waals surface area contributed by atoms with E-state index in [4.69, 9.17) is 5.11 Å². The fraction of sp³-hybridized carbons (Fsp3) is 0.857. The predicted octanol–water partition coefficient (Wildman–Crippen LogP) is 1.14. The number of urea groups is 1. The number of carbonyl (C=O) groups is 2. The highest BCUT2D eigenvalue weighted by molar-refractivity contribution is 5.76. The summed E-state index contributed by atoms with van der Waals surface area (Å²) >= 11 is 0. The van der Waals surface area contributed by atoms with Gasteiger partial charge in [-0.25, -0.2) is 4.79 Å². The first-order chi connectivity index (χ1) is 9.39. The number of aliphatic hydroxyl groups is 1. The monoisotopic (exact) mass is 284 g/mol. The van der Waals surface area contributed by atoms with Gasteiger partial charge in [0.15, 0.2) is 0 Å². The van der Waals surface area contributed by atoms with Crippen LogP contribution >= 0.6 is 0 Å². The van der Waals surface area contributed by atoms with E-state index in [9.17, 15) is 14.7 Å². The molecule has 0 spiro atoms. The molecule has 2 fully saturated rings. The molecular formula is C14H24N2O4. The first-order valence-electron chi connectivity index (χ1n) is 7.38. The van der Waals surface area contributed by atoms with Gasteiger partial charge in [0.25, 0.3) is 0 Å². The first-order valence-corrected chi connectivity index (χ1v) is 7.38. The quantitative estimate of drug-likeness (QED) is 0.756. The van der Waals surface area contributed by atoms with E-state index in [2.05, 4.69) is 0 Å². The van der Waals surface area contributed by atoms with Crippen LogP contribution in [0, 0.1) is 5.92 Å². The van der Waals surface area contributed by atoms with Crippen molar-refractivity contribution in [1.29, 1.82) is 0 Å². The van der Waals surface area contributed by atoms with Crippen LogP contribution in [-0.4, -0.2) is 63.8 Å². The Morgan fingerprint density at radius 2 is 1.80 bits per heavy atom. The zero-order chi connectivity index (χ0) is 14.8. The molecule has 2 amide bonds. The van der Waals surface area contributed by atoms with Crippen LogP contribution in [0.1, 0.15) is 39.0 Å². The molecule has 0 radical (unpaired) electrons. The Balaban J connectivity index is 1.95. The fourth-order valence-corrected chi connectivity index (χ4v) is 3.01. The highest BCUT2D eigenvalue weighted by Crippen LogP contribution is 2.23. The van der Waals surface area contributed by atoms with Gasteiger partial charge in [0, 0.05) is 26.2 Å². The maximum Gasteiger partial charge on any atom is 0.320 e. The summed E-state index contributed by atoms with van der Waals surface area (Å²) in [6.07, 6.45) is 3.46. The molecule has 0 bridgehead atoms. The smallest absolute Gasteiger partial charge is 0.320 e. The lowest BCUT2D eigenvalue weighted by Gasteiger charge is -2.35. The molecule has 0 aromatic rings. The number of carboxylic acid groups (broad SMARTS) is 1. The number of likely N-dealkylation sites (tertiary alicyclic amines) is 2. The van der Waals surface area contributed by atoms with E-state index in [1.165, 1.54) is 0 Å². The summed E-state index contributed by atoms with van der Waals surface area (Å²) in [6.45, 7) is 3.93. The molecular weight excluding hydrogens is 260 g/mol. The van der Waals surface area contributed by atoms with Crippen LogP contribution in [0.15, 0.2) is 0 Å². The second kappa shape index (κ2) is 5.99. The number of piperidine rings is 1. The predicted molar refractivity (Wildman–Crippen MR) is 73.4 cm³/mol. The molecule has 2 atom stereocenters. The lowest BCUT2D eigenvalue weighted by atomic mass is 9.98. The average molecular weight is 284 g/mol. The molecule has 2 saturated heterocycles. The molecule has 1 unspecified atom stereocenters. The molecule has 6 heteroatoms. The molecule has 2 rings (SSSR count). The topological polar surface area (TPSA) is 81.1 Å². The third-order valence-electron chi connectivity index (χ3n) is 4.38. The molecule has 0 aliphatic carbocycles. The van der Waals surface area contributed by atoms with Gasteiger partial charge in [-0.1, -0.05) is 0 Å². The molecule has 2 heterocycles. The van der Waals surface area contributed by atoms with Crippen LogP contribution < -0.4 is 0 Å². The molecule has 6 nitrogen and oxygen atoms in total. The Labute approximate surface area is 119 Å². The highest BCUT2D eigenvalue weighted by atomic mass is 16.4. The molecule has 2 aliphatic rings. The van der Waals surface area contributed by atoms with Crippen LogP contribution in [-0.2, 0) is 4.79 Å². The van der Waals surface area contributed by atoms with Crippen LogP contribution in [0.5, 0.6) is 0 Å². The first kappa shape index (κ1) is 15.1. The summed E-state index contributed by atoms with van der Waals surface area (Å²) in [7, 11) is 0. The van der Waals surface area contributed by atoms with E-state index in [1.807, 2.05) is 6.92 Å². The second-order valence-electron chi connectivity index (χ2n) is 6.24. The molecule has 0 saturated carbocycles. The van der Waals surface area contributed by atoms with Crippen LogP contribution in [0.2, 0.25) is 0 Å². The van der Waals surface area contributed by atoms with E-state index in [0.29, 0.717) is 45.4 Å². The van der Waals surface area contributed by atoms with Crippen LogP contribution in [0.3, 0.4) is 0 Å². The highest BCUT2D eigenvalue weighted by Gasteiger charge is 2.32. The number of nitrogens with zero attached hydrogens (tertiary/aromatic N) is 2. The van der Waals surface area contributed by atoms with Gasteiger partial charge in [-0.05, 0) is 39.0 Å². The van der Waals surface area contributed by atoms with Crippen molar-refractivity contribution in [1.82, 2.24) is 9.80 Å². The number of hydrogen-bond acceptors (Lipinski definition) is 3. The maximum absolute atomic E-state index is 12.5. The largest absolute Gasteiger partial charge is 0.481 e. The molecule has 114 valence electrons. The molecule has 0 aromatic heterocycles. The van der Waals surface area contributed by atoms with Crippen molar-refractivity contribution in [3.8, 4) is 0 Å². The van der Waals surface area contributed by atoms with E-state index in [0.717, 1.165) is 12.8 Å². The van der Waals surface area contributed by atoms with E-state index >= 15 is 0 Å². The maximum atomic E-state index is 12.5. The summed E-state index contributed by atoms with van der Waals surface area (Å²) in [5, 5.41) is 19.1. The van der Waals surface area contributed by atoms with E-state index in [1.54, 1.807) is 9.80 Å². The Hall–Kier alpha value is -1.30. The summed E-state index contributed by atoms with van der Waals surface area (Å²) in [6, 6.07) is -0.0753. The average Bonchev–Trinajstić information content (AvgIpc) is 2.59. The minimum absolute atomic E-state index is 0.0753. The minimum Gasteiger partial charge on any atom is -0.481 e. The summed E-state index contributed by atoms with van der Waals surface area (Å²) in [5.74, 6) is -1.26. The number of hydrogen-bond donors (Lipinski definition) is 2. The van der Waals surface area contributed by atoms with Gasteiger partial charge < -0.3 is 20.0 Å². The molecule has 2 N–H and O–H groups in total. The second-order valence-corrected chi connectivity index (χ2v) is 6.24. The van der Waals surface area contributed by atoms with Gasteiger partial charge in [-0.3, -0.25) is 4.79 Å². The van der Waals surface area contributed by atoms with Gasteiger partial charge in [0.05, 0.1) is 11.5 Å². The van der Waals surface area contributed by atoms with Crippen molar-refractivity contribution < 1.29 is 19.8 Å². The van der Waals surface area contributed by atoms with Crippen molar-refractivity contribution in [2.75, 3.05) is 26.2 Å². The minimum atomic E-state index is -0.818. The van der Waals surface area contributed by atoms with Gasteiger partial charge in [0.1, 0.15) is 0 Å². The van der Waals surface area contributed by atoms with E-state index in [-0.39, 0.29) is 6.03 Å². The fourth-order valence-electron chi connectivity index (χ4n) is 3.01. The Bertz CT molecular complexity index is 383. The summed E-state index contributed by atoms with van der Waals surface area (Å²) < 4.78 is 0. The van der Waals surface area contributed by atoms with Crippen molar-refractivity contribution in [3.63, 3.8) is 0 Å². The van der Waals surface area contributed by atoms with Crippen molar-refractivity contribution in [2.24, 2.45) is 5.92 Å². The molecule has 20 heavy (non-hydrogen) atoms. The number of amides is 2. The van der Waals surface area contributed by atoms with Gasteiger partial charge in [0.2, 0.25) is 0 Å². The van der Waals surface area contributed by atoms with Gasteiger partial charge >= 0.3 is 12.0 Å². The van der Waals surface area contributed by atoms with Crippen molar-refractivity contribution in [2.45, 2.75) is 44.6 Å². The lowest BCUT2D eigenvalue weighted by Crippen LogP contribution is -2.49. The number of rotatable bonds is 1. The third kappa shape index (κ3) is 3.62. The lowest BCUT2D eigenvalue weighted by molar-refractivity contribution is -0.143. The van der Waals surface area contributed by atoms with Crippen molar-refractivity contribution in [3.05, 3.63) is 0 Å². The van der Waals surface area contributed by atoms with Crippen LogP contribution in [0.4, 0.5) is 4.79 Å². The van der Waals surface area contributed by atoms with Crippen molar-refractivity contribution >= 4 is 12.0 Å². The molecule has 0 aromatic carbocycles. The number of aliphatic carboxylic acids is 1. The van der Waals surface area contributed by atoms with Gasteiger partial charge in [-0.2, -0.15) is 0 Å². The normalized spacial score (nSPS) is 31.8. The number of carboxylic acids is 1. The van der Waals surface area contributed by atoms with E-state index < -0.39 is 17.5 Å². The number of carbonyl (C=O) groups excluding carboxylic acids is 1. The standard InChI is InChI=1S/C14H24N2O4/c1-14(20)5-3-8-15(9-6-14)13(19)16-7-2-4-11(10-16)12(17)18/h11,20H,2-10H2,1H3,(H,17,18)/t11-,14?/m0/s1. The van der Waals surface area contributed by atoms with Gasteiger partial charge in [-0.15, -0.1) is 0 Å². The Kier molecular flexibility index (Phi) is 4.52. The zero-order valence-corrected chi connectivity index (χ0v) is 12.0. The summed E-state index contributed by atoms with van der Waals surface area (Å²) in [4.78, 5) is 26.9. The summed E-state index contributed by atoms with van der Waals surface area (Å²) in [5.41, 5.74) is -0.694. The van der Waals surface area contributed by atoms with Crippen LogP contribution in [0.25, 0.3) is 0 Å². The third-order valence-corrected chi connectivity index (χ3v) is 4.38. The Morgan fingerprint density at radius 3 is 2.50 bits per heavy atom. The zero-order valence-electron chi connectivity index (χ0n) is 12.0. The SMILES string of the molecule is CC1(O)CCCN(C(=O)N2CCC[C@H](C(=O)O)C2)CC1. The Morgan fingerprint density at radius 1 is 1.10 bits per heavy atom. The molecule has 2 aliphatic heterocycles.